The summed E-state index contributed by atoms with van der Waals surface area (Å²) >= 11 is 0. The maximum atomic E-state index is 12.8. The molecule has 0 saturated carbocycles. The summed E-state index contributed by atoms with van der Waals surface area (Å²) in [4.78, 5) is 25.1. The second-order valence-corrected chi connectivity index (χ2v) is 5.81. The molecule has 2 heterocycles. The van der Waals surface area contributed by atoms with Gasteiger partial charge in [0.1, 0.15) is 11.5 Å². The highest BCUT2D eigenvalue weighted by molar-refractivity contribution is 6.18. The summed E-state index contributed by atoms with van der Waals surface area (Å²) in [6.07, 6.45) is 4.69. The largest absolute Gasteiger partial charge is 0.493 e. The lowest BCUT2D eigenvalue weighted by Crippen LogP contribution is -2.30. The number of benzene rings is 1. The molecule has 0 spiro atoms. The van der Waals surface area contributed by atoms with Crippen molar-refractivity contribution in [3.8, 4) is 11.5 Å². The van der Waals surface area contributed by atoms with Crippen LogP contribution in [0.25, 0.3) is 11.8 Å². The van der Waals surface area contributed by atoms with Crippen molar-refractivity contribution in [1.29, 1.82) is 0 Å². The molecule has 0 radical (unpaired) electrons. The van der Waals surface area contributed by atoms with Crippen LogP contribution in [0.4, 0.5) is 0 Å². The number of furan rings is 1. The molecule has 3 aromatic rings. The Bertz CT molecular complexity index is 1030. The lowest BCUT2D eigenvalue weighted by atomic mass is 10.1. The van der Waals surface area contributed by atoms with Crippen molar-refractivity contribution in [1.82, 2.24) is 9.88 Å². The molecule has 144 valence electrons. The summed E-state index contributed by atoms with van der Waals surface area (Å²) in [6.45, 7) is 0.205. The Morgan fingerprint density at radius 1 is 1.11 bits per heavy atom. The van der Waals surface area contributed by atoms with E-state index in [0.717, 1.165) is 0 Å². The van der Waals surface area contributed by atoms with E-state index in [-0.39, 0.29) is 17.8 Å². The normalized spacial score (nSPS) is 11.1. The van der Waals surface area contributed by atoms with Crippen LogP contribution in [-0.2, 0) is 11.3 Å². The zero-order valence-corrected chi connectivity index (χ0v) is 15.5. The van der Waals surface area contributed by atoms with Crippen LogP contribution in [0.3, 0.4) is 0 Å². The van der Waals surface area contributed by atoms with E-state index in [0.29, 0.717) is 22.8 Å². The van der Waals surface area contributed by atoms with Crippen molar-refractivity contribution in [2.24, 2.45) is 0 Å². The topological polar surface area (TPSA) is 82.7 Å². The van der Waals surface area contributed by atoms with E-state index in [9.17, 15) is 9.59 Å². The van der Waals surface area contributed by atoms with Gasteiger partial charge < -0.3 is 19.2 Å². The van der Waals surface area contributed by atoms with Crippen LogP contribution in [0, 0.1) is 0 Å². The number of ether oxygens (including phenoxy) is 2. The van der Waals surface area contributed by atoms with Crippen molar-refractivity contribution in [2.75, 3.05) is 14.2 Å². The molecule has 0 unspecified atom stereocenters. The molecule has 0 aliphatic heterocycles. The first-order valence-electron chi connectivity index (χ1n) is 8.54. The number of amides is 1. The maximum Gasteiger partial charge on any atom is 0.268 e. The number of carbonyl (C=O) groups is 1. The molecule has 2 aromatic heterocycles. The van der Waals surface area contributed by atoms with Gasteiger partial charge in [-0.3, -0.25) is 14.2 Å². The van der Waals surface area contributed by atoms with Gasteiger partial charge in [-0.2, -0.15) is 0 Å². The minimum atomic E-state index is -0.417. The number of rotatable bonds is 7. The van der Waals surface area contributed by atoms with Crippen LogP contribution >= 0.6 is 0 Å². The molecule has 0 saturated heterocycles. The van der Waals surface area contributed by atoms with Crippen molar-refractivity contribution in [3.63, 3.8) is 0 Å². The third-order valence-electron chi connectivity index (χ3n) is 4.03. The lowest BCUT2D eigenvalue weighted by Gasteiger charge is -2.12. The Morgan fingerprint density at radius 3 is 2.61 bits per heavy atom. The average molecular weight is 380 g/mol. The fourth-order valence-corrected chi connectivity index (χ4v) is 2.64. The van der Waals surface area contributed by atoms with Crippen LogP contribution in [-0.4, -0.2) is 24.7 Å². The highest BCUT2D eigenvalue weighted by atomic mass is 16.5. The second kappa shape index (κ2) is 8.77. The zero-order chi connectivity index (χ0) is 19.9. The quantitative estimate of drug-likeness (QED) is 0.638. The number of nitrogens with zero attached hydrogens (tertiary/aromatic N) is 1. The predicted molar refractivity (Wildman–Crippen MR) is 105 cm³/mol. The van der Waals surface area contributed by atoms with Crippen molar-refractivity contribution < 1.29 is 18.7 Å². The number of aromatic nitrogens is 1. The molecule has 0 fully saturated rings. The Hall–Kier alpha value is -3.74. The highest BCUT2D eigenvalue weighted by Gasteiger charge is 2.14. The molecular weight excluding hydrogens is 360 g/mol. The Kier molecular flexibility index (Phi) is 5.96. The predicted octanol–water partition coefficient (Wildman–Crippen LogP) is 2.77. The van der Waals surface area contributed by atoms with Crippen molar-refractivity contribution in [2.45, 2.75) is 6.54 Å². The van der Waals surface area contributed by atoms with Gasteiger partial charge in [-0.05, 0) is 42.0 Å². The third-order valence-corrected chi connectivity index (χ3v) is 4.03. The van der Waals surface area contributed by atoms with E-state index >= 15 is 0 Å². The van der Waals surface area contributed by atoms with E-state index in [4.69, 9.17) is 13.9 Å². The monoisotopic (exact) mass is 380 g/mol. The van der Waals surface area contributed by atoms with Gasteiger partial charge >= 0.3 is 0 Å². The first-order valence-corrected chi connectivity index (χ1v) is 8.54. The van der Waals surface area contributed by atoms with Gasteiger partial charge in [-0.15, -0.1) is 0 Å². The van der Waals surface area contributed by atoms with Crippen molar-refractivity contribution >= 4 is 17.7 Å². The maximum absolute atomic E-state index is 12.8. The Balaban J connectivity index is 1.98. The molecular formula is C21H20N2O5. The smallest absolute Gasteiger partial charge is 0.268 e. The molecule has 0 bridgehead atoms. The molecule has 3 rings (SSSR count). The highest BCUT2D eigenvalue weighted by Crippen LogP contribution is 2.28. The fraction of sp³-hybridized carbons (Fsp3) is 0.143. The molecule has 7 heteroatoms. The number of methoxy groups -OCH3 is 2. The van der Waals surface area contributed by atoms with Crippen LogP contribution < -0.4 is 20.3 Å². The minimum absolute atomic E-state index is 0.171. The molecule has 7 nitrogen and oxygen atoms in total. The van der Waals surface area contributed by atoms with E-state index < -0.39 is 5.91 Å². The average Bonchev–Trinajstić information content (AvgIpc) is 3.24. The standard InChI is InChI=1S/C21H20N2O5/c1-26-18-9-8-15(13-19(18)27-2)12-17(23-10-4-3-7-20(23)24)21(25)22-14-16-6-5-11-28-16/h3-13H,14H2,1-2H3,(H,22,25)/b17-12+. The summed E-state index contributed by atoms with van der Waals surface area (Å²) in [5, 5.41) is 2.77. The van der Waals surface area contributed by atoms with E-state index in [1.807, 2.05) is 0 Å². The number of hydrogen-bond acceptors (Lipinski definition) is 5. The van der Waals surface area contributed by atoms with Gasteiger partial charge in [-0.1, -0.05) is 12.1 Å². The number of nitrogens with one attached hydrogen (secondary N) is 1. The van der Waals surface area contributed by atoms with Crippen LogP contribution in [0.2, 0.25) is 0 Å². The fourth-order valence-electron chi connectivity index (χ4n) is 2.64. The summed E-state index contributed by atoms with van der Waals surface area (Å²) in [5.41, 5.74) is 0.531. The van der Waals surface area contributed by atoms with Gasteiger partial charge in [0.05, 0.1) is 27.0 Å². The van der Waals surface area contributed by atoms with Gasteiger partial charge in [-0.25, -0.2) is 0 Å². The second-order valence-electron chi connectivity index (χ2n) is 5.81. The minimum Gasteiger partial charge on any atom is -0.493 e. The third kappa shape index (κ3) is 4.32. The van der Waals surface area contributed by atoms with Crippen LogP contribution in [0.1, 0.15) is 11.3 Å². The molecule has 28 heavy (non-hydrogen) atoms. The summed E-state index contributed by atoms with van der Waals surface area (Å²) in [5.74, 6) is 1.28. The molecule has 0 atom stereocenters. The number of carbonyl (C=O) groups excluding carboxylic acids is 1. The number of pyridine rings is 1. The summed E-state index contributed by atoms with van der Waals surface area (Å²) < 4.78 is 17.1. The van der Waals surface area contributed by atoms with Gasteiger partial charge in [0.2, 0.25) is 0 Å². The van der Waals surface area contributed by atoms with Crippen LogP contribution in [0.15, 0.2) is 70.2 Å². The van der Waals surface area contributed by atoms with Crippen LogP contribution in [0.5, 0.6) is 11.5 Å². The van der Waals surface area contributed by atoms with E-state index in [1.54, 1.807) is 61.8 Å². The molecule has 0 aliphatic carbocycles. The molecule has 1 amide bonds. The van der Waals surface area contributed by atoms with Gasteiger partial charge in [0, 0.05) is 12.3 Å². The molecule has 0 aliphatic rings. The first-order chi connectivity index (χ1) is 13.6. The first kappa shape index (κ1) is 19.0. The SMILES string of the molecule is COc1ccc(/C=C(\C(=O)NCc2ccco2)n2ccccc2=O)cc1OC. The van der Waals surface area contributed by atoms with E-state index in [2.05, 4.69) is 5.32 Å². The number of hydrogen-bond donors (Lipinski definition) is 1. The van der Waals surface area contributed by atoms with Crippen molar-refractivity contribution in [3.05, 3.63) is 82.7 Å². The van der Waals surface area contributed by atoms with Gasteiger partial charge in [0.25, 0.3) is 11.5 Å². The zero-order valence-electron chi connectivity index (χ0n) is 15.5. The Labute approximate surface area is 161 Å². The Morgan fingerprint density at radius 2 is 1.93 bits per heavy atom. The molecule has 1 aromatic carbocycles. The summed E-state index contributed by atoms with van der Waals surface area (Å²) in [7, 11) is 3.08. The lowest BCUT2D eigenvalue weighted by molar-refractivity contribution is -0.116. The molecule has 1 N–H and O–H groups in total. The summed E-state index contributed by atoms with van der Waals surface area (Å²) in [6, 6.07) is 13.4. The van der Waals surface area contributed by atoms with Gasteiger partial charge in [0.15, 0.2) is 11.5 Å². The van der Waals surface area contributed by atoms with E-state index in [1.165, 1.54) is 24.0 Å².